The van der Waals surface area contributed by atoms with E-state index in [1.165, 1.54) is 12.8 Å². The number of hydrogen-bond donors (Lipinski definition) is 1. The van der Waals surface area contributed by atoms with E-state index in [2.05, 4.69) is 11.9 Å². The van der Waals surface area contributed by atoms with E-state index in [1.807, 2.05) is 4.57 Å². The van der Waals surface area contributed by atoms with E-state index >= 15 is 0 Å². The molecule has 0 saturated carbocycles. The molecular weight excluding hydrogens is 180 g/mol. The molecule has 4 heteroatoms. The highest BCUT2D eigenvalue weighted by molar-refractivity contribution is 5.69. The third kappa shape index (κ3) is 3.20. The van der Waals surface area contributed by atoms with Crippen LogP contribution in [-0.2, 0) is 17.8 Å². The molecule has 1 N–H and O–H groups in total. The van der Waals surface area contributed by atoms with Gasteiger partial charge in [-0.25, -0.2) is 4.98 Å². The Morgan fingerprint density at radius 2 is 2.36 bits per heavy atom. The lowest BCUT2D eigenvalue weighted by molar-refractivity contribution is -0.136. The van der Waals surface area contributed by atoms with E-state index < -0.39 is 5.97 Å². The summed E-state index contributed by atoms with van der Waals surface area (Å²) in [5.41, 5.74) is 0.786. The first kappa shape index (κ1) is 10.8. The van der Waals surface area contributed by atoms with Crippen LogP contribution in [0, 0.1) is 0 Å². The number of carboxylic acids is 1. The average molecular weight is 196 g/mol. The molecular formula is C10H16N2O2. The predicted octanol–water partition coefficient (Wildman–Crippen LogP) is 1.70. The number of hydrogen-bond acceptors (Lipinski definition) is 2. The van der Waals surface area contributed by atoms with Crippen molar-refractivity contribution < 1.29 is 9.90 Å². The standard InChI is InChI=1S/C10H16N2O2/c1-2-3-4-5-12-8-11-7-9(12)6-10(13)14/h7-8H,2-6H2,1H3,(H,13,14). The van der Waals surface area contributed by atoms with Gasteiger partial charge in [0.2, 0.25) is 0 Å². The number of nitrogens with zero attached hydrogens (tertiary/aromatic N) is 2. The van der Waals surface area contributed by atoms with Crippen LogP contribution in [0.1, 0.15) is 31.9 Å². The van der Waals surface area contributed by atoms with Gasteiger partial charge < -0.3 is 9.67 Å². The lowest BCUT2D eigenvalue weighted by atomic mass is 10.2. The number of carbonyl (C=O) groups is 1. The molecule has 0 aliphatic rings. The van der Waals surface area contributed by atoms with Gasteiger partial charge in [-0.15, -0.1) is 0 Å². The van der Waals surface area contributed by atoms with Crippen molar-refractivity contribution >= 4 is 5.97 Å². The highest BCUT2D eigenvalue weighted by Gasteiger charge is 2.05. The molecule has 0 aromatic carbocycles. The second-order valence-electron chi connectivity index (χ2n) is 3.36. The van der Waals surface area contributed by atoms with E-state index in [4.69, 9.17) is 5.11 Å². The molecule has 1 heterocycles. The number of aryl methyl sites for hydroxylation is 1. The molecule has 0 fully saturated rings. The van der Waals surface area contributed by atoms with Gasteiger partial charge >= 0.3 is 5.97 Å². The quantitative estimate of drug-likeness (QED) is 0.704. The Bertz CT molecular complexity index is 294. The predicted molar refractivity (Wildman–Crippen MR) is 53.1 cm³/mol. The zero-order valence-electron chi connectivity index (χ0n) is 8.44. The Labute approximate surface area is 83.6 Å². The molecule has 0 amide bonds. The van der Waals surface area contributed by atoms with Crippen molar-refractivity contribution in [3.05, 3.63) is 18.2 Å². The van der Waals surface area contributed by atoms with Crippen LogP contribution in [0.4, 0.5) is 0 Å². The van der Waals surface area contributed by atoms with Gasteiger partial charge in [-0.1, -0.05) is 19.8 Å². The van der Waals surface area contributed by atoms with Crippen molar-refractivity contribution in [1.29, 1.82) is 0 Å². The summed E-state index contributed by atoms with van der Waals surface area (Å²) in [5.74, 6) is -0.803. The van der Waals surface area contributed by atoms with Crippen LogP contribution in [0.3, 0.4) is 0 Å². The molecule has 0 aliphatic heterocycles. The molecule has 0 atom stereocenters. The molecule has 1 rings (SSSR count). The van der Waals surface area contributed by atoms with Gasteiger partial charge in [0.25, 0.3) is 0 Å². The van der Waals surface area contributed by atoms with E-state index in [9.17, 15) is 4.79 Å². The van der Waals surface area contributed by atoms with Gasteiger partial charge in [-0.05, 0) is 6.42 Å². The summed E-state index contributed by atoms with van der Waals surface area (Å²) in [6, 6.07) is 0. The molecule has 4 nitrogen and oxygen atoms in total. The number of aromatic nitrogens is 2. The van der Waals surface area contributed by atoms with Gasteiger partial charge in [0.1, 0.15) is 0 Å². The molecule has 0 unspecified atom stereocenters. The molecule has 1 aromatic heterocycles. The zero-order chi connectivity index (χ0) is 10.4. The number of carboxylic acid groups (broad SMARTS) is 1. The molecule has 14 heavy (non-hydrogen) atoms. The molecule has 0 saturated heterocycles. The highest BCUT2D eigenvalue weighted by atomic mass is 16.4. The van der Waals surface area contributed by atoms with Crippen LogP contribution < -0.4 is 0 Å². The summed E-state index contributed by atoms with van der Waals surface area (Å²) in [4.78, 5) is 14.5. The first-order valence-corrected chi connectivity index (χ1v) is 4.95. The van der Waals surface area contributed by atoms with Crippen molar-refractivity contribution in [3.8, 4) is 0 Å². The minimum absolute atomic E-state index is 0.0616. The fourth-order valence-electron chi connectivity index (χ4n) is 1.38. The van der Waals surface area contributed by atoms with Crippen LogP contribution in [0.2, 0.25) is 0 Å². The maximum Gasteiger partial charge on any atom is 0.309 e. The Hall–Kier alpha value is -1.32. The summed E-state index contributed by atoms with van der Waals surface area (Å²) >= 11 is 0. The van der Waals surface area contributed by atoms with Crippen molar-refractivity contribution in [3.63, 3.8) is 0 Å². The number of aliphatic carboxylic acids is 1. The fourth-order valence-corrected chi connectivity index (χ4v) is 1.38. The third-order valence-electron chi connectivity index (χ3n) is 2.13. The van der Waals surface area contributed by atoms with E-state index in [1.54, 1.807) is 12.5 Å². The van der Waals surface area contributed by atoms with Crippen LogP contribution >= 0.6 is 0 Å². The lowest BCUT2D eigenvalue weighted by Crippen LogP contribution is -2.07. The van der Waals surface area contributed by atoms with Gasteiger partial charge in [0.15, 0.2) is 0 Å². The summed E-state index contributed by atoms with van der Waals surface area (Å²) in [7, 11) is 0. The summed E-state index contributed by atoms with van der Waals surface area (Å²) < 4.78 is 1.92. The van der Waals surface area contributed by atoms with Gasteiger partial charge in [0.05, 0.1) is 12.7 Å². The lowest BCUT2D eigenvalue weighted by Gasteiger charge is -2.05. The zero-order valence-corrected chi connectivity index (χ0v) is 8.44. The van der Waals surface area contributed by atoms with E-state index in [-0.39, 0.29) is 6.42 Å². The van der Waals surface area contributed by atoms with E-state index in [0.717, 1.165) is 18.7 Å². The SMILES string of the molecule is CCCCCn1cncc1CC(=O)O. The normalized spacial score (nSPS) is 10.4. The van der Waals surface area contributed by atoms with Crippen LogP contribution in [-0.4, -0.2) is 20.6 Å². The Morgan fingerprint density at radius 1 is 1.57 bits per heavy atom. The number of imidazole rings is 1. The monoisotopic (exact) mass is 196 g/mol. The molecule has 0 spiro atoms. The van der Waals surface area contributed by atoms with Gasteiger partial charge in [0, 0.05) is 18.4 Å². The van der Waals surface area contributed by atoms with Gasteiger partial charge in [-0.2, -0.15) is 0 Å². The second-order valence-corrected chi connectivity index (χ2v) is 3.36. The van der Waals surface area contributed by atoms with Crippen molar-refractivity contribution in [2.45, 2.75) is 39.2 Å². The molecule has 0 aliphatic carbocycles. The Morgan fingerprint density at radius 3 is 3.00 bits per heavy atom. The smallest absolute Gasteiger partial charge is 0.309 e. The minimum Gasteiger partial charge on any atom is -0.481 e. The van der Waals surface area contributed by atoms with Gasteiger partial charge in [-0.3, -0.25) is 4.79 Å². The molecule has 0 bridgehead atoms. The topological polar surface area (TPSA) is 55.1 Å². The summed E-state index contributed by atoms with van der Waals surface area (Å²) in [6.45, 7) is 3.02. The molecule has 78 valence electrons. The molecule has 0 radical (unpaired) electrons. The van der Waals surface area contributed by atoms with Crippen molar-refractivity contribution in [2.24, 2.45) is 0 Å². The number of unbranched alkanes of at least 4 members (excludes halogenated alkanes) is 2. The van der Waals surface area contributed by atoms with Crippen LogP contribution in [0.15, 0.2) is 12.5 Å². The van der Waals surface area contributed by atoms with Crippen LogP contribution in [0.25, 0.3) is 0 Å². The average Bonchev–Trinajstić information content (AvgIpc) is 2.52. The maximum atomic E-state index is 10.5. The first-order chi connectivity index (χ1) is 6.74. The van der Waals surface area contributed by atoms with E-state index in [0.29, 0.717) is 0 Å². The second kappa shape index (κ2) is 5.42. The maximum absolute atomic E-state index is 10.5. The minimum atomic E-state index is -0.803. The van der Waals surface area contributed by atoms with Crippen molar-refractivity contribution in [2.75, 3.05) is 0 Å². The summed E-state index contributed by atoms with van der Waals surface area (Å²) in [6.07, 6.45) is 6.81. The fraction of sp³-hybridized carbons (Fsp3) is 0.600. The highest BCUT2D eigenvalue weighted by Crippen LogP contribution is 2.04. The molecule has 1 aromatic rings. The third-order valence-corrected chi connectivity index (χ3v) is 2.13. The Balaban J connectivity index is 2.49. The first-order valence-electron chi connectivity index (χ1n) is 4.95. The number of rotatable bonds is 6. The van der Waals surface area contributed by atoms with Crippen LogP contribution in [0.5, 0.6) is 0 Å². The largest absolute Gasteiger partial charge is 0.481 e. The Kier molecular flexibility index (Phi) is 4.16. The van der Waals surface area contributed by atoms with Crippen molar-refractivity contribution in [1.82, 2.24) is 9.55 Å². The summed E-state index contributed by atoms with van der Waals surface area (Å²) in [5, 5.41) is 8.64.